The Hall–Kier alpha value is -1.22. The number of hydrogen-bond donors (Lipinski definition) is 1. The summed E-state index contributed by atoms with van der Waals surface area (Å²) >= 11 is 2.71. The number of carbonyl (C=O) groups excluding carboxylic acids is 1. The van der Waals surface area contributed by atoms with E-state index in [1.54, 1.807) is 22.4 Å². The van der Waals surface area contributed by atoms with Crippen molar-refractivity contribution in [3.05, 3.63) is 39.4 Å². The highest BCUT2D eigenvalue weighted by Gasteiger charge is 2.27. The number of piperidine rings is 1. The third-order valence-electron chi connectivity index (χ3n) is 3.82. The second kappa shape index (κ2) is 6.72. The standard InChI is InChI=1S/C15H18N2O3S3/c1-11-4-5-13(22-11)15(18)17-8-6-12(7-9-17)16-23(19,20)14-3-2-10-21-14/h2-5,10,12,16H,6-9H2,1H3. The molecule has 23 heavy (non-hydrogen) atoms. The quantitative estimate of drug-likeness (QED) is 0.900. The summed E-state index contributed by atoms with van der Waals surface area (Å²) in [6.45, 7) is 3.13. The van der Waals surface area contributed by atoms with Crippen LogP contribution in [0.25, 0.3) is 0 Å². The van der Waals surface area contributed by atoms with Gasteiger partial charge in [-0.3, -0.25) is 4.79 Å². The maximum atomic E-state index is 12.4. The predicted octanol–water partition coefficient (Wildman–Crippen LogP) is 2.70. The van der Waals surface area contributed by atoms with Crippen LogP contribution >= 0.6 is 22.7 Å². The number of rotatable bonds is 4. The lowest BCUT2D eigenvalue weighted by molar-refractivity contribution is 0.0716. The van der Waals surface area contributed by atoms with E-state index >= 15 is 0 Å². The highest BCUT2D eigenvalue weighted by Crippen LogP contribution is 2.22. The van der Waals surface area contributed by atoms with Crippen LogP contribution in [-0.2, 0) is 10.0 Å². The summed E-state index contributed by atoms with van der Waals surface area (Å²) in [7, 11) is -3.44. The second-order valence-electron chi connectivity index (χ2n) is 5.53. The minimum atomic E-state index is -3.44. The third-order valence-corrected chi connectivity index (χ3v) is 7.72. The number of amides is 1. The largest absolute Gasteiger partial charge is 0.338 e. The van der Waals surface area contributed by atoms with Crippen LogP contribution in [0.4, 0.5) is 0 Å². The van der Waals surface area contributed by atoms with E-state index in [0.717, 1.165) is 9.75 Å². The Kier molecular flexibility index (Phi) is 4.86. The van der Waals surface area contributed by atoms with Crippen LogP contribution < -0.4 is 4.72 Å². The molecule has 0 saturated carbocycles. The molecule has 1 amide bonds. The Labute approximate surface area is 144 Å². The Morgan fingerprint density at radius 2 is 2.00 bits per heavy atom. The van der Waals surface area contributed by atoms with Crippen molar-refractivity contribution in [2.24, 2.45) is 0 Å². The highest BCUT2D eigenvalue weighted by molar-refractivity contribution is 7.91. The van der Waals surface area contributed by atoms with Crippen molar-refractivity contribution < 1.29 is 13.2 Å². The van der Waals surface area contributed by atoms with Gasteiger partial charge >= 0.3 is 0 Å². The van der Waals surface area contributed by atoms with Gasteiger partial charge in [-0.05, 0) is 43.3 Å². The van der Waals surface area contributed by atoms with Crippen molar-refractivity contribution in [2.45, 2.75) is 30.0 Å². The van der Waals surface area contributed by atoms with Crippen LogP contribution in [0.15, 0.2) is 33.9 Å². The van der Waals surface area contributed by atoms with Crippen molar-refractivity contribution in [2.75, 3.05) is 13.1 Å². The van der Waals surface area contributed by atoms with Gasteiger partial charge in [0.2, 0.25) is 10.0 Å². The minimum absolute atomic E-state index is 0.0441. The third kappa shape index (κ3) is 3.82. The molecule has 0 spiro atoms. The fourth-order valence-corrected chi connectivity index (χ4v) is 5.75. The SMILES string of the molecule is Cc1ccc(C(=O)N2CCC(NS(=O)(=O)c3cccs3)CC2)s1. The topological polar surface area (TPSA) is 66.5 Å². The molecule has 1 aliphatic rings. The fourth-order valence-electron chi connectivity index (χ4n) is 2.60. The molecule has 2 aromatic heterocycles. The molecular formula is C15H18N2O3S3. The van der Waals surface area contributed by atoms with Crippen molar-refractivity contribution >= 4 is 38.6 Å². The summed E-state index contributed by atoms with van der Waals surface area (Å²) in [5, 5.41) is 1.75. The first-order chi connectivity index (χ1) is 11.0. The Morgan fingerprint density at radius 1 is 1.26 bits per heavy atom. The zero-order valence-electron chi connectivity index (χ0n) is 12.7. The van der Waals surface area contributed by atoms with Gasteiger partial charge in [-0.1, -0.05) is 6.07 Å². The van der Waals surface area contributed by atoms with Crippen molar-refractivity contribution in [1.82, 2.24) is 9.62 Å². The molecular weight excluding hydrogens is 352 g/mol. The number of carbonyl (C=O) groups is 1. The molecule has 124 valence electrons. The van der Waals surface area contributed by atoms with E-state index in [-0.39, 0.29) is 11.9 Å². The van der Waals surface area contributed by atoms with Gasteiger partial charge in [0.15, 0.2) is 0 Å². The van der Waals surface area contributed by atoms with Gasteiger partial charge in [-0.2, -0.15) is 0 Å². The smallest absolute Gasteiger partial charge is 0.263 e. The Bertz CT molecular complexity index is 773. The maximum absolute atomic E-state index is 12.4. The van der Waals surface area contributed by atoms with E-state index in [4.69, 9.17) is 0 Å². The Balaban J connectivity index is 1.57. The van der Waals surface area contributed by atoms with Gasteiger partial charge < -0.3 is 4.90 Å². The molecule has 3 heterocycles. The summed E-state index contributed by atoms with van der Waals surface area (Å²) in [5.41, 5.74) is 0. The van der Waals surface area contributed by atoms with Gasteiger partial charge in [0.1, 0.15) is 4.21 Å². The molecule has 1 fully saturated rings. The van der Waals surface area contributed by atoms with Gasteiger partial charge in [0, 0.05) is 24.0 Å². The molecule has 0 aromatic carbocycles. The molecule has 8 heteroatoms. The van der Waals surface area contributed by atoms with E-state index in [9.17, 15) is 13.2 Å². The van der Waals surface area contributed by atoms with Crippen LogP contribution in [0.3, 0.4) is 0 Å². The van der Waals surface area contributed by atoms with E-state index in [1.165, 1.54) is 22.7 Å². The minimum Gasteiger partial charge on any atom is -0.338 e. The van der Waals surface area contributed by atoms with Crippen LogP contribution in [0.5, 0.6) is 0 Å². The summed E-state index contributed by atoms with van der Waals surface area (Å²) in [4.78, 5) is 16.1. The maximum Gasteiger partial charge on any atom is 0.263 e. The lowest BCUT2D eigenvalue weighted by Gasteiger charge is -2.31. The lowest BCUT2D eigenvalue weighted by atomic mass is 10.1. The van der Waals surface area contributed by atoms with E-state index in [2.05, 4.69) is 4.72 Å². The first-order valence-electron chi connectivity index (χ1n) is 7.37. The average molecular weight is 371 g/mol. The average Bonchev–Trinajstić information content (AvgIpc) is 3.18. The van der Waals surface area contributed by atoms with Crippen LogP contribution in [0, 0.1) is 6.92 Å². The molecule has 0 atom stereocenters. The lowest BCUT2D eigenvalue weighted by Crippen LogP contribution is -2.46. The molecule has 0 unspecified atom stereocenters. The molecule has 3 rings (SSSR count). The van der Waals surface area contributed by atoms with Gasteiger partial charge in [0.05, 0.1) is 4.88 Å². The predicted molar refractivity (Wildman–Crippen MR) is 92.6 cm³/mol. The zero-order chi connectivity index (χ0) is 16.4. The summed E-state index contributed by atoms with van der Waals surface area (Å²) in [6, 6.07) is 7.01. The number of hydrogen-bond acceptors (Lipinski definition) is 5. The summed E-state index contributed by atoms with van der Waals surface area (Å²) in [6.07, 6.45) is 1.28. The zero-order valence-corrected chi connectivity index (χ0v) is 15.1. The Morgan fingerprint density at radius 3 is 2.57 bits per heavy atom. The number of nitrogens with zero attached hydrogens (tertiary/aromatic N) is 1. The van der Waals surface area contributed by atoms with Crippen molar-refractivity contribution in [3.8, 4) is 0 Å². The first kappa shape index (κ1) is 16.6. The summed E-state index contributed by atoms with van der Waals surface area (Å²) in [5.74, 6) is 0.0441. The van der Waals surface area contributed by atoms with Crippen LogP contribution in [0.2, 0.25) is 0 Å². The fraction of sp³-hybridized carbons (Fsp3) is 0.400. The molecule has 1 N–H and O–H groups in total. The molecule has 0 bridgehead atoms. The van der Waals surface area contributed by atoms with Gasteiger partial charge in [-0.15, -0.1) is 22.7 Å². The van der Waals surface area contributed by atoms with Gasteiger partial charge in [0.25, 0.3) is 5.91 Å². The number of nitrogens with one attached hydrogen (secondary N) is 1. The normalized spacial score (nSPS) is 16.7. The van der Waals surface area contributed by atoms with E-state index in [1.807, 2.05) is 19.1 Å². The molecule has 5 nitrogen and oxygen atoms in total. The summed E-state index contributed by atoms with van der Waals surface area (Å²) < 4.78 is 27.5. The van der Waals surface area contributed by atoms with E-state index in [0.29, 0.717) is 30.1 Å². The molecule has 2 aromatic rings. The van der Waals surface area contributed by atoms with Crippen molar-refractivity contribution in [1.29, 1.82) is 0 Å². The molecule has 0 aliphatic carbocycles. The number of sulfonamides is 1. The van der Waals surface area contributed by atoms with Crippen molar-refractivity contribution in [3.63, 3.8) is 0 Å². The number of aryl methyl sites for hydroxylation is 1. The highest BCUT2D eigenvalue weighted by atomic mass is 32.2. The van der Waals surface area contributed by atoms with Gasteiger partial charge in [-0.25, -0.2) is 13.1 Å². The van der Waals surface area contributed by atoms with Crippen LogP contribution in [0.1, 0.15) is 27.4 Å². The van der Waals surface area contributed by atoms with E-state index < -0.39 is 10.0 Å². The number of thiophene rings is 2. The monoisotopic (exact) mass is 370 g/mol. The molecule has 0 radical (unpaired) electrons. The number of likely N-dealkylation sites (tertiary alicyclic amines) is 1. The van der Waals surface area contributed by atoms with Crippen LogP contribution in [-0.4, -0.2) is 38.4 Å². The molecule has 1 saturated heterocycles. The molecule has 1 aliphatic heterocycles. The first-order valence-corrected chi connectivity index (χ1v) is 10.6. The second-order valence-corrected chi connectivity index (χ2v) is 9.71.